The van der Waals surface area contributed by atoms with E-state index in [1.54, 1.807) is 6.08 Å². The second kappa shape index (κ2) is 9.94. The third-order valence-corrected chi connectivity index (χ3v) is 4.80. The predicted octanol–water partition coefficient (Wildman–Crippen LogP) is 5.41. The summed E-state index contributed by atoms with van der Waals surface area (Å²) in [4.78, 5) is 12.5. The molecule has 0 fully saturated rings. The van der Waals surface area contributed by atoms with Crippen LogP contribution in [-0.4, -0.2) is 12.0 Å². The molecule has 140 valence electrons. The van der Waals surface area contributed by atoms with Gasteiger partial charge in [-0.05, 0) is 65.5 Å². The van der Waals surface area contributed by atoms with Gasteiger partial charge in [0.05, 0.1) is 16.6 Å². The van der Waals surface area contributed by atoms with Gasteiger partial charge < -0.3 is 10.1 Å². The fourth-order valence-corrected chi connectivity index (χ4v) is 2.91. The van der Waals surface area contributed by atoms with Crippen molar-refractivity contribution in [2.45, 2.75) is 39.3 Å². The number of hydrogen-bond acceptors (Lipinski definition) is 3. The SMILES string of the molecule is CC[C@@H](C)Oc1ccc(/C=C(/C#N)C(=O)N[C@@H](C)c2ccccc2)cc1Br. The van der Waals surface area contributed by atoms with Gasteiger partial charge in [-0.3, -0.25) is 4.79 Å². The first-order chi connectivity index (χ1) is 12.9. The molecule has 4 nitrogen and oxygen atoms in total. The molecule has 0 spiro atoms. The zero-order valence-corrected chi connectivity index (χ0v) is 17.3. The second-order valence-electron chi connectivity index (χ2n) is 6.30. The average Bonchev–Trinajstić information content (AvgIpc) is 2.68. The quantitative estimate of drug-likeness (QED) is 0.475. The number of nitriles is 1. The molecule has 2 atom stereocenters. The van der Waals surface area contributed by atoms with Crippen molar-refractivity contribution >= 4 is 27.9 Å². The summed E-state index contributed by atoms with van der Waals surface area (Å²) >= 11 is 3.49. The number of nitrogens with one attached hydrogen (secondary N) is 1. The van der Waals surface area contributed by atoms with Gasteiger partial charge in [-0.1, -0.05) is 43.3 Å². The monoisotopic (exact) mass is 426 g/mol. The first-order valence-electron chi connectivity index (χ1n) is 8.88. The molecule has 0 bridgehead atoms. The summed E-state index contributed by atoms with van der Waals surface area (Å²) in [5.74, 6) is 0.340. The number of rotatable bonds is 7. The summed E-state index contributed by atoms with van der Waals surface area (Å²) in [7, 11) is 0. The third kappa shape index (κ3) is 5.97. The molecule has 27 heavy (non-hydrogen) atoms. The topological polar surface area (TPSA) is 62.1 Å². The van der Waals surface area contributed by atoms with Gasteiger partial charge in [0, 0.05) is 0 Å². The van der Waals surface area contributed by atoms with E-state index in [0.29, 0.717) is 0 Å². The molecule has 1 amide bonds. The van der Waals surface area contributed by atoms with E-state index in [2.05, 4.69) is 28.2 Å². The van der Waals surface area contributed by atoms with E-state index in [0.717, 1.165) is 27.8 Å². The summed E-state index contributed by atoms with van der Waals surface area (Å²) in [6.07, 6.45) is 2.60. The Morgan fingerprint density at radius 2 is 1.96 bits per heavy atom. The van der Waals surface area contributed by atoms with Gasteiger partial charge in [0.1, 0.15) is 17.4 Å². The van der Waals surface area contributed by atoms with Crippen LogP contribution in [0.2, 0.25) is 0 Å². The highest BCUT2D eigenvalue weighted by Gasteiger charge is 2.14. The number of hydrogen-bond donors (Lipinski definition) is 1. The van der Waals surface area contributed by atoms with Crippen LogP contribution in [0.3, 0.4) is 0 Å². The molecule has 0 aliphatic heterocycles. The van der Waals surface area contributed by atoms with Crippen LogP contribution in [0, 0.1) is 11.3 Å². The van der Waals surface area contributed by atoms with Crippen LogP contribution in [0.5, 0.6) is 5.75 Å². The smallest absolute Gasteiger partial charge is 0.262 e. The molecule has 0 aromatic heterocycles. The van der Waals surface area contributed by atoms with E-state index < -0.39 is 5.91 Å². The highest BCUT2D eigenvalue weighted by atomic mass is 79.9. The molecule has 0 saturated heterocycles. The molecule has 2 aromatic carbocycles. The molecule has 5 heteroatoms. The van der Waals surface area contributed by atoms with Crippen LogP contribution in [0.1, 0.15) is 44.4 Å². The third-order valence-electron chi connectivity index (χ3n) is 4.18. The molecule has 0 aliphatic carbocycles. The minimum atomic E-state index is -0.398. The average molecular weight is 427 g/mol. The molecule has 0 radical (unpaired) electrons. The Balaban J connectivity index is 2.14. The van der Waals surface area contributed by atoms with Crippen LogP contribution in [0.25, 0.3) is 6.08 Å². The molecule has 0 heterocycles. The number of halogens is 1. The normalized spacial score (nSPS) is 13.4. The van der Waals surface area contributed by atoms with Gasteiger partial charge in [0.2, 0.25) is 0 Å². The lowest BCUT2D eigenvalue weighted by Gasteiger charge is -2.15. The molecule has 0 unspecified atom stereocenters. The summed E-state index contributed by atoms with van der Waals surface area (Å²) in [5.41, 5.74) is 1.79. The standard InChI is InChI=1S/C22H23BrN2O2/c1-4-15(2)27-21-11-10-17(13-20(21)23)12-19(14-24)22(26)25-16(3)18-8-6-5-7-9-18/h5-13,15-16H,4H2,1-3H3,(H,25,26)/b19-12-/t15-,16+/m1/s1. The van der Waals surface area contributed by atoms with Gasteiger partial charge in [-0.2, -0.15) is 5.26 Å². The number of carbonyl (C=O) groups is 1. The van der Waals surface area contributed by atoms with E-state index in [1.165, 1.54) is 0 Å². The van der Waals surface area contributed by atoms with E-state index in [-0.39, 0.29) is 17.7 Å². The first-order valence-corrected chi connectivity index (χ1v) is 9.67. The van der Waals surface area contributed by atoms with Crippen molar-refractivity contribution in [2.75, 3.05) is 0 Å². The summed E-state index contributed by atoms with van der Waals surface area (Å²) < 4.78 is 6.60. The predicted molar refractivity (Wildman–Crippen MR) is 111 cm³/mol. The minimum Gasteiger partial charge on any atom is -0.490 e. The lowest BCUT2D eigenvalue weighted by Crippen LogP contribution is -2.27. The number of nitrogens with zero attached hydrogens (tertiary/aromatic N) is 1. The van der Waals surface area contributed by atoms with E-state index in [9.17, 15) is 10.1 Å². The Morgan fingerprint density at radius 3 is 2.56 bits per heavy atom. The Bertz CT molecular complexity index is 856. The summed E-state index contributed by atoms with van der Waals surface area (Å²) in [5, 5.41) is 12.3. The molecule has 0 aliphatic rings. The Hall–Kier alpha value is -2.58. The van der Waals surface area contributed by atoms with Crippen molar-refractivity contribution in [1.82, 2.24) is 5.32 Å². The van der Waals surface area contributed by atoms with Crippen LogP contribution in [0.15, 0.2) is 58.6 Å². The van der Waals surface area contributed by atoms with Crippen LogP contribution < -0.4 is 10.1 Å². The highest BCUT2D eigenvalue weighted by molar-refractivity contribution is 9.10. The van der Waals surface area contributed by atoms with Gasteiger partial charge in [0.15, 0.2) is 0 Å². The zero-order valence-electron chi connectivity index (χ0n) is 15.7. The lowest BCUT2D eigenvalue weighted by molar-refractivity contribution is -0.117. The number of carbonyl (C=O) groups excluding carboxylic acids is 1. The fourth-order valence-electron chi connectivity index (χ4n) is 2.42. The maximum absolute atomic E-state index is 12.5. The second-order valence-corrected chi connectivity index (χ2v) is 7.16. The molecule has 2 rings (SSSR count). The number of ether oxygens (including phenoxy) is 1. The minimum absolute atomic E-state index is 0.0558. The fraction of sp³-hybridized carbons (Fsp3) is 0.273. The maximum Gasteiger partial charge on any atom is 0.262 e. The van der Waals surface area contributed by atoms with E-state index >= 15 is 0 Å². The van der Waals surface area contributed by atoms with Crippen molar-refractivity contribution in [3.05, 3.63) is 69.7 Å². The molecule has 1 N–H and O–H groups in total. The van der Waals surface area contributed by atoms with E-state index in [4.69, 9.17) is 4.74 Å². The number of amides is 1. The van der Waals surface area contributed by atoms with Crippen molar-refractivity contribution in [3.63, 3.8) is 0 Å². The van der Waals surface area contributed by atoms with Crippen molar-refractivity contribution in [2.24, 2.45) is 0 Å². The summed E-state index contributed by atoms with van der Waals surface area (Å²) in [6, 6.07) is 16.9. The Kier molecular flexibility index (Phi) is 7.63. The highest BCUT2D eigenvalue weighted by Crippen LogP contribution is 2.28. The van der Waals surface area contributed by atoms with E-state index in [1.807, 2.05) is 68.4 Å². The maximum atomic E-state index is 12.5. The number of benzene rings is 2. The van der Waals surface area contributed by atoms with Crippen LogP contribution in [0.4, 0.5) is 0 Å². The van der Waals surface area contributed by atoms with Crippen LogP contribution >= 0.6 is 15.9 Å². The molecule has 2 aromatic rings. The van der Waals surface area contributed by atoms with Gasteiger partial charge in [0.25, 0.3) is 5.91 Å². The zero-order chi connectivity index (χ0) is 19.8. The molecule has 0 saturated carbocycles. The van der Waals surface area contributed by atoms with Crippen molar-refractivity contribution in [1.29, 1.82) is 5.26 Å². The molecular formula is C22H23BrN2O2. The van der Waals surface area contributed by atoms with Gasteiger partial charge >= 0.3 is 0 Å². The lowest BCUT2D eigenvalue weighted by atomic mass is 10.1. The van der Waals surface area contributed by atoms with Gasteiger partial charge in [-0.15, -0.1) is 0 Å². The van der Waals surface area contributed by atoms with Crippen molar-refractivity contribution < 1.29 is 9.53 Å². The Labute approximate surface area is 169 Å². The van der Waals surface area contributed by atoms with Gasteiger partial charge in [-0.25, -0.2) is 0 Å². The van der Waals surface area contributed by atoms with Crippen LogP contribution in [-0.2, 0) is 4.79 Å². The Morgan fingerprint density at radius 1 is 1.26 bits per heavy atom. The largest absolute Gasteiger partial charge is 0.490 e. The van der Waals surface area contributed by atoms with Crippen molar-refractivity contribution in [3.8, 4) is 11.8 Å². The summed E-state index contributed by atoms with van der Waals surface area (Å²) in [6.45, 7) is 5.95. The molecular weight excluding hydrogens is 404 g/mol. The first kappa shape index (κ1) is 20.7.